The highest BCUT2D eigenvalue weighted by Gasteiger charge is 2.46. The second-order valence-electron chi connectivity index (χ2n) is 6.42. The summed E-state index contributed by atoms with van der Waals surface area (Å²) in [6.07, 6.45) is -3.85. The second kappa shape index (κ2) is 9.59. The van der Waals surface area contributed by atoms with Crippen LogP contribution >= 0.6 is 0 Å². The highest BCUT2D eigenvalue weighted by atomic mass is 32.2. The highest BCUT2D eigenvalue weighted by Crippen LogP contribution is 2.24. The van der Waals surface area contributed by atoms with Crippen molar-refractivity contribution in [1.82, 2.24) is 5.32 Å². The van der Waals surface area contributed by atoms with E-state index in [0.29, 0.717) is 0 Å². The number of carbonyl (C=O) groups excluding carboxylic acids is 1. The summed E-state index contributed by atoms with van der Waals surface area (Å²) in [6.45, 7) is 6.08. The summed E-state index contributed by atoms with van der Waals surface area (Å²) >= 11 is 0. The number of benzene rings is 1. The molecule has 28 heavy (non-hydrogen) atoms. The number of aliphatic hydroxyl groups excluding tert-OH is 2. The highest BCUT2D eigenvalue weighted by molar-refractivity contribution is 7.86. The van der Waals surface area contributed by atoms with Gasteiger partial charge in [-0.25, -0.2) is 0 Å². The molecule has 2 rings (SSSR count). The van der Waals surface area contributed by atoms with Gasteiger partial charge in [-0.05, 0) is 19.1 Å². The number of hydrogen-bond acceptors (Lipinski definition) is 8. The van der Waals surface area contributed by atoms with E-state index in [1.807, 2.05) is 6.92 Å². The number of aryl methyl sites for hydroxylation is 1. The first-order chi connectivity index (χ1) is 13.2. The smallest absolute Gasteiger partial charge is 0.297 e. The molecule has 1 amide bonds. The molecule has 10 heteroatoms. The molecule has 1 aromatic carbocycles. The number of rotatable bonds is 8. The summed E-state index contributed by atoms with van der Waals surface area (Å²) in [7, 11) is -4.08. The maximum absolute atomic E-state index is 12.3. The van der Waals surface area contributed by atoms with Crippen molar-refractivity contribution in [3.63, 3.8) is 0 Å². The van der Waals surface area contributed by atoms with Crippen LogP contribution in [0.5, 0.6) is 0 Å². The van der Waals surface area contributed by atoms with Gasteiger partial charge >= 0.3 is 0 Å². The second-order valence-corrected chi connectivity index (χ2v) is 8.04. The molecule has 0 aliphatic carbocycles. The largest absolute Gasteiger partial charge is 0.388 e. The molecule has 1 aromatic rings. The molecule has 1 saturated heterocycles. The first-order valence-corrected chi connectivity index (χ1v) is 10.0. The summed E-state index contributed by atoms with van der Waals surface area (Å²) in [5.74, 6) is -0.455. The van der Waals surface area contributed by atoms with E-state index in [0.717, 1.165) is 5.56 Å². The van der Waals surface area contributed by atoms with Crippen LogP contribution in [0.2, 0.25) is 0 Å². The van der Waals surface area contributed by atoms with Crippen LogP contribution < -0.4 is 5.32 Å². The zero-order valence-electron chi connectivity index (χ0n) is 15.6. The summed E-state index contributed by atoms with van der Waals surface area (Å²) in [5.41, 5.74) is 0.888. The Bertz CT molecular complexity index is 779. The minimum atomic E-state index is -4.08. The molecule has 1 aliphatic rings. The SMILES string of the molecule is C=CCOC1O[C@H](COS(=O)(=O)c2ccc(C)cc2)[C@@H](O)[C@H](O)[C@H]1NC(C)=O. The molecular formula is C18H25NO8S. The lowest BCUT2D eigenvalue weighted by atomic mass is 9.97. The van der Waals surface area contributed by atoms with Crippen LogP contribution in [-0.4, -0.2) is 68.4 Å². The maximum atomic E-state index is 12.3. The molecule has 5 atom stereocenters. The summed E-state index contributed by atoms with van der Waals surface area (Å²) in [4.78, 5) is 11.3. The molecule has 1 fully saturated rings. The van der Waals surface area contributed by atoms with E-state index < -0.39 is 53.3 Å². The quantitative estimate of drug-likeness (QED) is 0.395. The first kappa shape index (κ1) is 22.5. The van der Waals surface area contributed by atoms with Gasteiger partial charge in [0.25, 0.3) is 10.1 Å². The Morgan fingerprint density at radius 2 is 1.93 bits per heavy atom. The van der Waals surface area contributed by atoms with E-state index in [1.54, 1.807) is 12.1 Å². The van der Waals surface area contributed by atoms with Crippen molar-refractivity contribution in [2.75, 3.05) is 13.2 Å². The Morgan fingerprint density at radius 3 is 2.50 bits per heavy atom. The third kappa shape index (κ3) is 5.60. The van der Waals surface area contributed by atoms with Gasteiger partial charge in [0, 0.05) is 6.92 Å². The zero-order chi connectivity index (χ0) is 20.9. The van der Waals surface area contributed by atoms with Crippen molar-refractivity contribution in [3.8, 4) is 0 Å². The van der Waals surface area contributed by atoms with E-state index in [1.165, 1.54) is 25.1 Å². The lowest BCUT2D eigenvalue weighted by molar-refractivity contribution is -0.265. The first-order valence-electron chi connectivity index (χ1n) is 8.63. The molecule has 0 bridgehead atoms. The third-order valence-corrected chi connectivity index (χ3v) is 5.44. The lowest BCUT2D eigenvalue weighted by Gasteiger charge is -2.42. The summed E-state index contributed by atoms with van der Waals surface area (Å²) in [5, 5.41) is 23.1. The van der Waals surface area contributed by atoms with Gasteiger partial charge in [0.15, 0.2) is 6.29 Å². The van der Waals surface area contributed by atoms with Gasteiger partial charge in [-0.2, -0.15) is 8.42 Å². The monoisotopic (exact) mass is 415 g/mol. The summed E-state index contributed by atoms with van der Waals surface area (Å²) < 4.78 is 40.6. The fourth-order valence-electron chi connectivity index (χ4n) is 2.69. The molecular weight excluding hydrogens is 390 g/mol. The average molecular weight is 415 g/mol. The fraction of sp³-hybridized carbons (Fsp3) is 0.500. The number of nitrogens with one attached hydrogen (secondary N) is 1. The van der Waals surface area contributed by atoms with Crippen molar-refractivity contribution < 1.29 is 37.1 Å². The molecule has 156 valence electrons. The third-order valence-electron chi connectivity index (χ3n) is 4.15. The number of ether oxygens (including phenoxy) is 2. The molecule has 0 radical (unpaired) electrons. The van der Waals surface area contributed by atoms with Crippen LogP contribution in [0.1, 0.15) is 12.5 Å². The Labute approximate surface area is 164 Å². The predicted molar refractivity (Wildman–Crippen MR) is 98.7 cm³/mol. The van der Waals surface area contributed by atoms with Crippen molar-refractivity contribution in [3.05, 3.63) is 42.5 Å². The van der Waals surface area contributed by atoms with Crippen LogP contribution in [0.15, 0.2) is 41.8 Å². The molecule has 9 nitrogen and oxygen atoms in total. The van der Waals surface area contributed by atoms with E-state index in [-0.39, 0.29) is 11.5 Å². The normalized spacial score (nSPS) is 27.9. The van der Waals surface area contributed by atoms with Crippen LogP contribution in [0.4, 0.5) is 0 Å². The van der Waals surface area contributed by atoms with Crippen molar-refractivity contribution in [2.45, 2.75) is 49.4 Å². The number of carbonyl (C=O) groups is 1. The molecule has 1 aliphatic heterocycles. The Hall–Kier alpha value is -1.82. The van der Waals surface area contributed by atoms with E-state index in [2.05, 4.69) is 11.9 Å². The van der Waals surface area contributed by atoms with Crippen molar-refractivity contribution in [2.24, 2.45) is 0 Å². The van der Waals surface area contributed by atoms with E-state index >= 15 is 0 Å². The molecule has 3 N–H and O–H groups in total. The van der Waals surface area contributed by atoms with E-state index in [4.69, 9.17) is 13.7 Å². The van der Waals surface area contributed by atoms with E-state index in [9.17, 15) is 23.4 Å². The Kier molecular flexibility index (Phi) is 7.70. The van der Waals surface area contributed by atoms with Crippen LogP contribution in [0.3, 0.4) is 0 Å². The topological polar surface area (TPSA) is 131 Å². The fourth-order valence-corrected chi connectivity index (χ4v) is 3.61. The predicted octanol–water partition coefficient (Wildman–Crippen LogP) is -0.146. The minimum Gasteiger partial charge on any atom is -0.388 e. The van der Waals surface area contributed by atoms with Gasteiger partial charge in [0.2, 0.25) is 5.91 Å². The molecule has 0 aromatic heterocycles. The van der Waals surface area contributed by atoms with Crippen molar-refractivity contribution in [1.29, 1.82) is 0 Å². The number of hydrogen-bond donors (Lipinski definition) is 3. The van der Waals surface area contributed by atoms with Gasteiger partial charge in [-0.15, -0.1) is 6.58 Å². The molecule has 1 unspecified atom stereocenters. The lowest BCUT2D eigenvalue weighted by Crippen LogP contribution is -2.64. The number of aliphatic hydroxyl groups is 2. The molecule has 0 spiro atoms. The number of amides is 1. The summed E-state index contributed by atoms with van der Waals surface area (Å²) in [6, 6.07) is 5.02. The molecule has 0 saturated carbocycles. The zero-order valence-corrected chi connectivity index (χ0v) is 16.5. The Balaban J connectivity index is 2.10. The standard InChI is InChI=1S/C18H25NO8S/c1-4-9-25-18-15(19-12(3)20)17(22)16(21)14(27-18)10-26-28(23,24)13-7-5-11(2)6-8-13/h4-8,14-18,21-22H,1,9-10H2,2-3H3,(H,19,20)/t14-,15-,16-,17-,18?/m1/s1. The van der Waals surface area contributed by atoms with Crippen LogP contribution in [0.25, 0.3) is 0 Å². The van der Waals surface area contributed by atoms with Gasteiger partial charge in [-0.1, -0.05) is 23.8 Å². The molecule has 1 heterocycles. The van der Waals surface area contributed by atoms with Gasteiger partial charge < -0.3 is 25.0 Å². The maximum Gasteiger partial charge on any atom is 0.297 e. The average Bonchev–Trinajstić information content (AvgIpc) is 2.64. The van der Waals surface area contributed by atoms with Crippen molar-refractivity contribution >= 4 is 16.0 Å². The van der Waals surface area contributed by atoms with Gasteiger partial charge in [0.05, 0.1) is 18.1 Å². The van der Waals surface area contributed by atoms with Crippen LogP contribution in [0, 0.1) is 6.92 Å². The Morgan fingerprint density at radius 1 is 1.29 bits per heavy atom. The van der Waals surface area contributed by atoms with Crippen LogP contribution in [-0.2, 0) is 28.6 Å². The van der Waals surface area contributed by atoms with Gasteiger partial charge in [-0.3, -0.25) is 8.98 Å². The van der Waals surface area contributed by atoms with Gasteiger partial charge in [0.1, 0.15) is 24.4 Å². The minimum absolute atomic E-state index is 0.0421.